The van der Waals surface area contributed by atoms with E-state index in [-0.39, 0.29) is 5.41 Å². The van der Waals surface area contributed by atoms with E-state index in [1.54, 1.807) is 0 Å². The van der Waals surface area contributed by atoms with Gasteiger partial charge in [-0.2, -0.15) is 0 Å². The van der Waals surface area contributed by atoms with E-state index in [0.29, 0.717) is 0 Å². The largest absolute Gasteiger partial charge is 0.493 e. The second-order valence-corrected chi connectivity index (χ2v) is 6.25. The summed E-state index contributed by atoms with van der Waals surface area (Å²) < 4.78 is 11.3. The summed E-state index contributed by atoms with van der Waals surface area (Å²) in [6.45, 7) is 8.55. The van der Waals surface area contributed by atoms with Gasteiger partial charge in [0, 0.05) is 24.6 Å². The second kappa shape index (κ2) is 4.60. The van der Waals surface area contributed by atoms with Crippen LogP contribution >= 0.6 is 0 Å². The lowest BCUT2D eigenvalue weighted by molar-refractivity contribution is 0.122. The molecular weight excluding hydrogens is 240 g/mol. The fourth-order valence-corrected chi connectivity index (χ4v) is 2.82. The number of hydrogen-bond acceptors (Lipinski definition) is 4. The minimum absolute atomic E-state index is 0.194. The summed E-state index contributed by atoms with van der Waals surface area (Å²) in [5.41, 5.74) is 9.58. The predicted molar refractivity (Wildman–Crippen MR) is 76.9 cm³/mol. The van der Waals surface area contributed by atoms with Crippen LogP contribution in [0.25, 0.3) is 0 Å². The van der Waals surface area contributed by atoms with Crippen molar-refractivity contribution >= 4 is 11.4 Å². The molecule has 1 aromatic rings. The molecule has 0 atom stereocenters. The van der Waals surface area contributed by atoms with Gasteiger partial charge in [0.15, 0.2) is 0 Å². The monoisotopic (exact) mass is 262 g/mol. The van der Waals surface area contributed by atoms with E-state index in [1.165, 1.54) is 5.56 Å². The van der Waals surface area contributed by atoms with Gasteiger partial charge >= 0.3 is 0 Å². The van der Waals surface area contributed by atoms with Crippen LogP contribution < -0.4 is 15.4 Å². The van der Waals surface area contributed by atoms with E-state index in [2.05, 4.69) is 30.9 Å². The lowest BCUT2D eigenvalue weighted by Gasteiger charge is -2.34. The molecule has 4 nitrogen and oxygen atoms in total. The van der Waals surface area contributed by atoms with Crippen LogP contribution in [0.4, 0.5) is 11.4 Å². The van der Waals surface area contributed by atoms with Crippen LogP contribution in [0.3, 0.4) is 0 Å². The first-order chi connectivity index (χ1) is 9.05. The van der Waals surface area contributed by atoms with Gasteiger partial charge in [0.25, 0.3) is 0 Å². The minimum atomic E-state index is 0.194. The molecule has 1 aromatic carbocycles. The Morgan fingerprint density at radius 2 is 1.95 bits per heavy atom. The summed E-state index contributed by atoms with van der Waals surface area (Å²) in [4.78, 5) is 2.28. The van der Waals surface area contributed by atoms with Gasteiger partial charge < -0.3 is 20.1 Å². The van der Waals surface area contributed by atoms with E-state index in [0.717, 1.165) is 56.5 Å². The molecule has 0 aromatic heterocycles. The van der Waals surface area contributed by atoms with Crippen LogP contribution in [0.5, 0.6) is 5.75 Å². The average molecular weight is 262 g/mol. The molecule has 0 radical (unpaired) electrons. The first-order valence-corrected chi connectivity index (χ1v) is 6.93. The van der Waals surface area contributed by atoms with Crippen molar-refractivity contribution in [2.45, 2.75) is 20.3 Å². The van der Waals surface area contributed by atoms with E-state index in [4.69, 9.17) is 15.2 Å². The Labute approximate surface area is 114 Å². The lowest BCUT2D eigenvalue weighted by Crippen LogP contribution is -2.37. The maximum Gasteiger partial charge on any atom is 0.124 e. The fourth-order valence-electron chi connectivity index (χ4n) is 2.82. The van der Waals surface area contributed by atoms with Crippen molar-refractivity contribution in [1.29, 1.82) is 0 Å². The molecule has 0 unspecified atom stereocenters. The molecule has 2 heterocycles. The van der Waals surface area contributed by atoms with Crippen LogP contribution in [-0.2, 0) is 11.2 Å². The van der Waals surface area contributed by atoms with Crippen molar-refractivity contribution in [3.8, 4) is 5.75 Å². The highest BCUT2D eigenvalue weighted by Crippen LogP contribution is 2.39. The Balaban J connectivity index is 1.91. The quantitative estimate of drug-likeness (QED) is 0.787. The zero-order chi connectivity index (χ0) is 13.5. The van der Waals surface area contributed by atoms with Gasteiger partial charge in [0.05, 0.1) is 31.2 Å². The molecule has 2 aliphatic rings. The highest BCUT2D eigenvalue weighted by atomic mass is 16.5. The van der Waals surface area contributed by atoms with E-state index >= 15 is 0 Å². The zero-order valence-electron chi connectivity index (χ0n) is 11.7. The molecule has 104 valence electrons. The summed E-state index contributed by atoms with van der Waals surface area (Å²) >= 11 is 0. The second-order valence-electron chi connectivity index (χ2n) is 6.25. The van der Waals surface area contributed by atoms with Crippen molar-refractivity contribution in [2.24, 2.45) is 5.41 Å². The first-order valence-electron chi connectivity index (χ1n) is 6.93. The molecular formula is C15H22N2O2. The SMILES string of the molecule is CC1(C)COc2cc(N3CCOCC3)c(N)cc2C1. The molecule has 1 fully saturated rings. The number of rotatable bonds is 1. The first kappa shape index (κ1) is 12.6. The molecule has 0 spiro atoms. The standard InChI is InChI=1S/C15H22N2O2/c1-15(2)9-11-7-12(16)13(8-14(11)19-10-15)17-3-5-18-6-4-17/h7-8H,3-6,9-10,16H2,1-2H3. The molecule has 1 saturated heterocycles. The molecule has 0 saturated carbocycles. The maximum atomic E-state index is 6.23. The smallest absolute Gasteiger partial charge is 0.124 e. The topological polar surface area (TPSA) is 47.7 Å². The van der Waals surface area contributed by atoms with Gasteiger partial charge in [-0.3, -0.25) is 0 Å². The van der Waals surface area contributed by atoms with Crippen LogP contribution in [-0.4, -0.2) is 32.9 Å². The van der Waals surface area contributed by atoms with Crippen LogP contribution in [0.1, 0.15) is 19.4 Å². The highest BCUT2D eigenvalue weighted by molar-refractivity contribution is 5.72. The van der Waals surface area contributed by atoms with Crippen LogP contribution in [0.15, 0.2) is 12.1 Å². The van der Waals surface area contributed by atoms with Crippen LogP contribution in [0.2, 0.25) is 0 Å². The van der Waals surface area contributed by atoms with E-state index < -0.39 is 0 Å². The number of fused-ring (bicyclic) bond motifs is 1. The predicted octanol–water partition coefficient (Wildman–Crippen LogP) is 2.07. The molecule has 19 heavy (non-hydrogen) atoms. The van der Waals surface area contributed by atoms with Gasteiger partial charge in [-0.1, -0.05) is 13.8 Å². The number of benzene rings is 1. The number of hydrogen-bond donors (Lipinski definition) is 1. The van der Waals surface area contributed by atoms with Crippen molar-refractivity contribution in [1.82, 2.24) is 0 Å². The van der Waals surface area contributed by atoms with Gasteiger partial charge in [0.1, 0.15) is 5.75 Å². The third kappa shape index (κ3) is 2.50. The minimum Gasteiger partial charge on any atom is -0.493 e. The Bertz CT molecular complexity index is 479. The van der Waals surface area contributed by atoms with Gasteiger partial charge in [0.2, 0.25) is 0 Å². The molecule has 3 rings (SSSR count). The number of nitrogens with zero attached hydrogens (tertiary/aromatic N) is 1. The number of nitrogens with two attached hydrogens (primary N) is 1. The summed E-state index contributed by atoms with van der Waals surface area (Å²) in [7, 11) is 0. The summed E-state index contributed by atoms with van der Waals surface area (Å²) in [5, 5.41) is 0. The van der Waals surface area contributed by atoms with E-state index in [1.807, 2.05) is 0 Å². The summed E-state index contributed by atoms with van der Waals surface area (Å²) in [5.74, 6) is 0.995. The fraction of sp³-hybridized carbons (Fsp3) is 0.600. The van der Waals surface area contributed by atoms with Crippen molar-refractivity contribution in [3.63, 3.8) is 0 Å². The summed E-state index contributed by atoms with van der Waals surface area (Å²) in [6.07, 6.45) is 1.02. The van der Waals surface area contributed by atoms with Crippen molar-refractivity contribution < 1.29 is 9.47 Å². The van der Waals surface area contributed by atoms with E-state index in [9.17, 15) is 0 Å². The Morgan fingerprint density at radius 3 is 2.68 bits per heavy atom. The number of ether oxygens (including phenoxy) is 2. The molecule has 0 aliphatic carbocycles. The van der Waals surface area contributed by atoms with Crippen molar-refractivity contribution in [3.05, 3.63) is 17.7 Å². The third-order valence-corrected chi connectivity index (χ3v) is 3.85. The maximum absolute atomic E-state index is 6.23. The molecule has 0 amide bonds. The van der Waals surface area contributed by atoms with Crippen molar-refractivity contribution in [2.75, 3.05) is 43.5 Å². The summed E-state index contributed by atoms with van der Waals surface area (Å²) in [6, 6.07) is 4.19. The van der Waals surface area contributed by atoms with Gasteiger partial charge in [-0.15, -0.1) is 0 Å². The number of nitrogen functional groups attached to an aromatic ring is 1. The normalized spacial score (nSPS) is 21.7. The number of anilines is 2. The zero-order valence-corrected chi connectivity index (χ0v) is 11.7. The third-order valence-electron chi connectivity index (χ3n) is 3.85. The highest BCUT2D eigenvalue weighted by Gasteiger charge is 2.28. The molecule has 4 heteroatoms. The van der Waals surface area contributed by atoms with Gasteiger partial charge in [-0.05, 0) is 18.1 Å². The van der Waals surface area contributed by atoms with Gasteiger partial charge in [-0.25, -0.2) is 0 Å². The Morgan fingerprint density at radius 1 is 1.21 bits per heavy atom. The average Bonchev–Trinajstić information content (AvgIpc) is 2.38. The number of morpholine rings is 1. The molecule has 0 bridgehead atoms. The molecule has 2 aliphatic heterocycles. The lowest BCUT2D eigenvalue weighted by atomic mass is 9.84. The molecule has 2 N–H and O–H groups in total. The Hall–Kier alpha value is -1.42. The Kier molecular flexibility index (Phi) is 3.05. The van der Waals surface area contributed by atoms with Crippen LogP contribution in [0, 0.1) is 5.41 Å².